The van der Waals surface area contributed by atoms with Crippen LogP contribution >= 0.6 is 0 Å². The van der Waals surface area contributed by atoms with Crippen LogP contribution in [0.5, 0.6) is 5.75 Å². The number of rotatable bonds is 5. The molecule has 3 atom stereocenters. The molecule has 3 unspecified atom stereocenters. The molecule has 1 aliphatic carbocycles. The van der Waals surface area contributed by atoms with Crippen LogP contribution < -0.4 is 10.1 Å². The van der Waals surface area contributed by atoms with E-state index in [4.69, 9.17) is 4.74 Å². The molecule has 1 aromatic carbocycles. The van der Waals surface area contributed by atoms with Gasteiger partial charge in [-0.25, -0.2) is 4.39 Å². The second-order valence-corrected chi connectivity index (χ2v) is 5.49. The van der Waals surface area contributed by atoms with Crippen LogP contribution in [0.1, 0.15) is 44.7 Å². The van der Waals surface area contributed by atoms with Gasteiger partial charge in [-0.15, -0.1) is 0 Å². The number of benzene rings is 1. The average Bonchev–Trinajstić information content (AvgIpc) is 2.82. The maximum absolute atomic E-state index is 13.6. The molecule has 106 valence electrons. The van der Waals surface area contributed by atoms with Crippen molar-refractivity contribution in [3.8, 4) is 5.75 Å². The quantitative estimate of drug-likeness (QED) is 0.871. The topological polar surface area (TPSA) is 21.3 Å². The molecule has 0 radical (unpaired) electrons. The van der Waals surface area contributed by atoms with Crippen molar-refractivity contribution in [1.29, 1.82) is 0 Å². The second kappa shape index (κ2) is 6.38. The Hall–Kier alpha value is -1.09. The van der Waals surface area contributed by atoms with Gasteiger partial charge in [0, 0.05) is 11.6 Å². The van der Waals surface area contributed by atoms with Gasteiger partial charge < -0.3 is 10.1 Å². The van der Waals surface area contributed by atoms with E-state index in [2.05, 4.69) is 19.2 Å². The highest BCUT2D eigenvalue weighted by Crippen LogP contribution is 2.42. The van der Waals surface area contributed by atoms with Gasteiger partial charge in [-0.05, 0) is 43.0 Å². The SMILES string of the molecule is CCNC(c1cc(F)ccc1OC)C1CCCC1C. The smallest absolute Gasteiger partial charge is 0.123 e. The van der Waals surface area contributed by atoms with Gasteiger partial charge >= 0.3 is 0 Å². The first-order valence-electron chi connectivity index (χ1n) is 7.24. The molecule has 3 heteroatoms. The summed E-state index contributed by atoms with van der Waals surface area (Å²) in [6.45, 7) is 5.28. The second-order valence-electron chi connectivity index (χ2n) is 5.49. The Bertz CT molecular complexity index is 421. The Morgan fingerprint density at radius 1 is 1.42 bits per heavy atom. The van der Waals surface area contributed by atoms with Crippen molar-refractivity contribution in [2.75, 3.05) is 13.7 Å². The molecule has 0 aromatic heterocycles. The summed E-state index contributed by atoms with van der Waals surface area (Å²) in [4.78, 5) is 0. The van der Waals surface area contributed by atoms with E-state index in [1.165, 1.54) is 25.3 Å². The Kier molecular flexibility index (Phi) is 4.81. The first-order valence-corrected chi connectivity index (χ1v) is 7.24. The predicted octanol–water partition coefficient (Wildman–Crippen LogP) is 3.92. The molecular weight excluding hydrogens is 241 g/mol. The van der Waals surface area contributed by atoms with Crippen molar-refractivity contribution in [3.05, 3.63) is 29.6 Å². The monoisotopic (exact) mass is 265 g/mol. The van der Waals surface area contributed by atoms with Gasteiger partial charge in [0.15, 0.2) is 0 Å². The molecule has 0 saturated heterocycles. The summed E-state index contributed by atoms with van der Waals surface area (Å²) in [7, 11) is 1.65. The first-order chi connectivity index (χ1) is 9.17. The van der Waals surface area contributed by atoms with Crippen LogP contribution in [0.15, 0.2) is 18.2 Å². The maximum atomic E-state index is 13.6. The fourth-order valence-corrected chi connectivity index (χ4v) is 3.33. The zero-order chi connectivity index (χ0) is 13.8. The zero-order valence-corrected chi connectivity index (χ0v) is 12.1. The number of hydrogen-bond donors (Lipinski definition) is 1. The van der Waals surface area contributed by atoms with E-state index in [9.17, 15) is 4.39 Å². The highest BCUT2D eigenvalue weighted by molar-refractivity contribution is 5.37. The van der Waals surface area contributed by atoms with E-state index in [1.54, 1.807) is 19.2 Å². The van der Waals surface area contributed by atoms with E-state index in [-0.39, 0.29) is 11.9 Å². The summed E-state index contributed by atoms with van der Waals surface area (Å²) in [5.74, 6) is 1.84. The van der Waals surface area contributed by atoms with Gasteiger partial charge in [0.1, 0.15) is 11.6 Å². The van der Waals surface area contributed by atoms with E-state index < -0.39 is 0 Å². The average molecular weight is 265 g/mol. The van der Waals surface area contributed by atoms with E-state index in [0.29, 0.717) is 11.8 Å². The molecule has 1 aromatic rings. The third-order valence-corrected chi connectivity index (χ3v) is 4.31. The summed E-state index contributed by atoms with van der Waals surface area (Å²) in [6, 6.07) is 5.00. The molecular formula is C16H24FNO. The Morgan fingerprint density at radius 3 is 2.79 bits per heavy atom. The largest absolute Gasteiger partial charge is 0.496 e. The van der Waals surface area contributed by atoms with Gasteiger partial charge in [-0.1, -0.05) is 26.7 Å². The summed E-state index contributed by atoms with van der Waals surface area (Å²) in [5.41, 5.74) is 0.961. The number of hydrogen-bond acceptors (Lipinski definition) is 2. The Balaban J connectivity index is 2.35. The molecule has 2 nitrogen and oxygen atoms in total. The van der Waals surface area contributed by atoms with E-state index in [1.807, 2.05) is 0 Å². The van der Waals surface area contributed by atoms with Crippen LogP contribution in [0.4, 0.5) is 4.39 Å². The predicted molar refractivity (Wildman–Crippen MR) is 75.9 cm³/mol. The van der Waals surface area contributed by atoms with Crippen molar-refractivity contribution < 1.29 is 9.13 Å². The lowest BCUT2D eigenvalue weighted by Crippen LogP contribution is -2.30. The summed E-state index contributed by atoms with van der Waals surface area (Å²) >= 11 is 0. The molecule has 0 aliphatic heterocycles. The normalized spacial score (nSPS) is 24.4. The molecule has 0 amide bonds. The lowest BCUT2D eigenvalue weighted by molar-refractivity contribution is 0.295. The van der Waals surface area contributed by atoms with Gasteiger partial charge in [0.05, 0.1) is 7.11 Å². The van der Waals surface area contributed by atoms with Gasteiger partial charge in [-0.2, -0.15) is 0 Å². The minimum atomic E-state index is -0.190. The standard InChI is InChI=1S/C16H24FNO/c1-4-18-16(13-7-5-6-11(13)2)14-10-12(17)8-9-15(14)19-3/h8-11,13,16,18H,4-7H2,1-3H3. The van der Waals surface area contributed by atoms with Gasteiger partial charge in [-0.3, -0.25) is 0 Å². The van der Waals surface area contributed by atoms with Crippen LogP contribution in [-0.4, -0.2) is 13.7 Å². The number of halogens is 1. The van der Waals surface area contributed by atoms with Crippen molar-refractivity contribution in [2.45, 2.75) is 39.2 Å². The molecule has 19 heavy (non-hydrogen) atoms. The summed E-state index contributed by atoms with van der Waals surface area (Å²) in [5, 5.41) is 3.53. The molecule has 0 heterocycles. The third-order valence-electron chi connectivity index (χ3n) is 4.31. The van der Waals surface area contributed by atoms with Crippen LogP contribution in [0.2, 0.25) is 0 Å². The zero-order valence-electron chi connectivity index (χ0n) is 12.1. The van der Waals surface area contributed by atoms with Crippen molar-refractivity contribution in [2.24, 2.45) is 11.8 Å². The highest BCUT2D eigenvalue weighted by atomic mass is 19.1. The third kappa shape index (κ3) is 3.08. The molecule has 1 aliphatic rings. The lowest BCUT2D eigenvalue weighted by Gasteiger charge is -2.29. The Labute approximate surface area is 115 Å². The highest BCUT2D eigenvalue weighted by Gasteiger charge is 2.33. The summed E-state index contributed by atoms with van der Waals surface area (Å²) in [6.07, 6.45) is 3.74. The Morgan fingerprint density at radius 2 is 2.21 bits per heavy atom. The number of ether oxygens (including phenoxy) is 1. The minimum Gasteiger partial charge on any atom is -0.496 e. The van der Waals surface area contributed by atoms with Gasteiger partial charge in [0.25, 0.3) is 0 Å². The van der Waals surface area contributed by atoms with Crippen molar-refractivity contribution in [3.63, 3.8) is 0 Å². The lowest BCUT2D eigenvalue weighted by atomic mass is 9.85. The fourth-order valence-electron chi connectivity index (χ4n) is 3.33. The summed E-state index contributed by atoms with van der Waals surface area (Å²) < 4.78 is 19.0. The van der Waals surface area contributed by atoms with E-state index in [0.717, 1.165) is 17.9 Å². The number of nitrogens with one attached hydrogen (secondary N) is 1. The van der Waals surface area contributed by atoms with Crippen LogP contribution in [0.25, 0.3) is 0 Å². The van der Waals surface area contributed by atoms with E-state index >= 15 is 0 Å². The van der Waals surface area contributed by atoms with Crippen LogP contribution in [-0.2, 0) is 0 Å². The molecule has 1 saturated carbocycles. The molecule has 1 fully saturated rings. The van der Waals surface area contributed by atoms with Gasteiger partial charge in [0.2, 0.25) is 0 Å². The van der Waals surface area contributed by atoms with Crippen LogP contribution in [0.3, 0.4) is 0 Å². The molecule has 1 N–H and O–H groups in total. The van der Waals surface area contributed by atoms with Crippen LogP contribution in [0, 0.1) is 17.7 Å². The minimum absolute atomic E-state index is 0.188. The first kappa shape index (κ1) is 14.3. The van der Waals surface area contributed by atoms with Crippen molar-refractivity contribution >= 4 is 0 Å². The molecule has 0 spiro atoms. The fraction of sp³-hybridized carbons (Fsp3) is 0.625. The maximum Gasteiger partial charge on any atom is 0.123 e. The van der Waals surface area contributed by atoms with Crippen molar-refractivity contribution in [1.82, 2.24) is 5.32 Å². The number of methoxy groups -OCH3 is 1. The molecule has 0 bridgehead atoms. The molecule has 2 rings (SSSR count).